The van der Waals surface area contributed by atoms with Gasteiger partial charge in [0, 0.05) is 5.69 Å². The summed E-state index contributed by atoms with van der Waals surface area (Å²) in [5, 5.41) is 0. The van der Waals surface area contributed by atoms with E-state index in [1.807, 2.05) is 36.0 Å². The van der Waals surface area contributed by atoms with Crippen LogP contribution in [0, 0.1) is 0 Å². The molecular weight excluding hydrogens is 230 g/mol. The van der Waals surface area contributed by atoms with Crippen LogP contribution in [0.3, 0.4) is 0 Å². The minimum Gasteiger partial charge on any atom is -0.494 e. The fourth-order valence-electron chi connectivity index (χ4n) is 1.47. The van der Waals surface area contributed by atoms with Crippen molar-refractivity contribution in [3.05, 3.63) is 24.3 Å². The summed E-state index contributed by atoms with van der Waals surface area (Å²) in [6.45, 7) is 3.04. The van der Waals surface area contributed by atoms with Crippen LogP contribution in [0.5, 0.6) is 5.75 Å². The van der Waals surface area contributed by atoms with Gasteiger partial charge in [0.15, 0.2) is 0 Å². The predicted octanol–water partition coefficient (Wildman–Crippen LogP) is 3.96. The third-order valence-electron chi connectivity index (χ3n) is 2.47. The Morgan fingerprint density at radius 1 is 1.06 bits per heavy atom. The largest absolute Gasteiger partial charge is 0.494 e. The summed E-state index contributed by atoms with van der Waals surface area (Å²) in [4.78, 5) is 0. The van der Waals surface area contributed by atoms with Crippen molar-refractivity contribution < 1.29 is 4.74 Å². The fourth-order valence-corrected chi connectivity index (χ4v) is 2.41. The monoisotopic (exact) mass is 253 g/mol. The summed E-state index contributed by atoms with van der Waals surface area (Å²) in [6.07, 6.45) is 5.12. The molecule has 0 unspecified atom stereocenters. The van der Waals surface area contributed by atoms with Crippen LogP contribution in [0.2, 0.25) is 0 Å². The molecule has 1 rings (SSSR count). The number of benzene rings is 1. The Kier molecular flexibility index (Phi) is 7.72. The van der Waals surface area contributed by atoms with E-state index in [2.05, 4.69) is 6.92 Å². The predicted molar refractivity (Wildman–Crippen MR) is 77.8 cm³/mol. The van der Waals surface area contributed by atoms with Crippen LogP contribution >= 0.6 is 11.8 Å². The van der Waals surface area contributed by atoms with Crippen LogP contribution < -0.4 is 10.5 Å². The minimum absolute atomic E-state index is 0.781. The van der Waals surface area contributed by atoms with Crippen molar-refractivity contribution in [3.8, 4) is 5.75 Å². The zero-order valence-corrected chi connectivity index (χ0v) is 11.5. The van der Waals surface area contributed by atoms with Crippen molar-refractivity contribution in [2.75, 3.05) is 23.8 Å². The number of nitrogens with two attached hydrogens (primary N) is 1. The first-order chi connectivity index (χ1) is 8.33. The zero-order valence-electron chi connectivity index (χ0n) is 10.7. The Hall–Kier alpha value is -0.830. The molecule has 0 aliphatic carbocycles. The zero-order chi connectivity index (χ0) is 12.3. The average Bonchev–Trinajstić information content (AvgIpc) is 2.35. The molecule has 3 heteroatoms. The van der Waals surface area contributed by atoms with E-state index in [1.165, 1.54) is 30.8 Å². The molecule has 0 heterocycles. The Balaban J connectivity index is 1.95. The molecule has 0 amide bonds. The molecule has 2 N–H and O–H groups in total. The standard InChI is InChI=1S/C14H23NOS/c1-2-3-4-11-17-12-5-10-16-14-8-6-13(15)7-9-14/h6-9H,2-5,10-12,15H2,1H3. The van der Waals surface area contributed by atoms with Gasteiger partial charge in [-0.15, -0.1) is 0 Å². The van der Waals surface area contributed by atoms with Gasteiger partial charge < -0.3 is 10.5 Å². The van der Waals surface area contributed by atoms with E-state index >= 15 is 0 Å². The normalized spacial score (nSPS) is 10.4. The number of ether oxygens (including phenoxy) is 1. The van der Waals surface area contributed by atoms with Crippen LogP contribution in [0.15, 0.2) is 24.3 Å². The molecule has 0 radical (unpaired) electrons. The van der Waals surface area contributed by atoms with Gasteiger partial charge in [0.2, 0.25) is 0 Å². The number of unbranched alkanes of at least 4 members (excludes halogenated alkanes) is 2. The Labute approximate surface area is 109 Å². The molecule has 1 aromatic rings. The van der Waals surface area contributed by atoms with Crippen LogP contribution in [-0.4, -0.2) is 18.1 Å². The lowest BCUT2D eigenvalue weighted by molar-refractivity contribution is 0.319. The highest BCUT2D eigenvalue weighted by atomic mass is 32.2. The van der Waals surface area contributed by atoms with Crippen LogP contribution in [-0.2, 0) is 0 Å². The highest BCUT2D eigenvalue weighted by Crippen LogP contribution is 2.14. The first-order valence-electron chi connectivity index (χ1n) is 6.39. The van der Waals surface area contributed by atoms with Crippen LogP contribution in [0.4, 0.5) is 5.69 Å². The van der Waals surface area contributed by atoms with Gasteiger partial charge in [0.05, 0.1) is 6.61 Å². The fraction of sp³-hybridized carbons (Fsp3) is 0.571. The minimum atomic E-state index is 0.781. The lowest BCUT2D eigenvalue weighted by Gasteiger charge is -2.06. The topological polar surface area (TPSA) is 35.2 Å². The first-order valence-corrected chi connectivity index (χ1v) is 7.54. The van der Waals surface area contributed by atoms with E-state index < -0.39 is 0 Å². The number of rotatable bonds is 9. The number of anilines is 1. The summed E-state index contributed by atoms with van der Waals surface area (Å²) in [5.74, 6) is 3.39. The van der Waals surface area contributed by atoms with Gasteiger partial charge in [-0.3, -0.25) is 0 Å². The van der Waals surface area contributed by atoms with Gasteiger partial charge >= 0.3 is 0 Å². The third kappa shape index (κ3) is 7.16. The molecular formula is C14H23NOS. The SMILES string of the molecule is CCCCCSCCCOc1ccc(N)cc1. The summed E-state index contributed by atoms with van der Waals surface area (Å²) in [7, 11) is 0. The second kappa shape index (κ2) is 9.23. The number of nitrogen functional groups attached to an aromatic ring is 1. The second-order valence-electron chi connectivity index (χ2n) is 4.09. The van der Waals surface area contributed by atoms with Crippen molar-refractivity contribution in [1.29, 1.82) is 0 Å². The third-order valence-corrected chi connectivity index (χ3v) is 3.63. The quantitative estimate of drug-likeness (QED) is 0.534. The maximum Gasteiger partial charge on any atom is 0.119 e. The lowest BCUT2D eigenvalue weighted by Crippen LogP contribution is -1.99. The smallest absolute Gasteiger partial charge is 0.119 e. The van der Waals surface area contributed by atoms with Crippen molar-refractivity contribution in [3.63, 3.8) is 0 Å². The Morgan fingerprint density at radius 3 is 2.47 bits per heavy atom. The van der Waals surface area contributed by atoms with Gasteiger partial charge in [-0.2, -0.15) is 11.8 Å². The maximum atomic E-state index is 5.62. The molecule has 0 fully saturated rings. The van der Waals surface area contributed by atoms with E-state index in [0.717, 1.165) is 24.5 Å². The van der Waals surface area contributed by atoms with Crippen molar-refractivity contribution in [2.45, 2.75) is 32.6 Å². The number of hydrogen-bond donors (Lipinski definition) is 1. The van der Waals surface area contributed by atoms with Gasteiger partial charge in [-0.25, -0.2) is 0 Å². The van der Waals surface area contributed by atoms with E-state index in [9.17, 15) is 0 Å². The van der Waals surface area contributed by atoms with Crippen molar-refractivity contribution >= 4 is 17.4 Å². The molecule has 0 bridgehead atoms. The summed E-state index contributed by atoms with van der Waals surface area (Å²) < 4.78 is 5.62. The van der Waals surface area contributed by atoms with E-state index in [0.29, 0.717) is 0 Å². The molecule has 17 heavy (non-hydrogen) atoms. The molecule has 0 spiro atoms. The molecule has 0 aliphatic rings. The van der Waals surface area contributed by atoms with Gasteiger partial charge in [0.1, 0.15) is 5.75 Å². The molecule has 0 aromatic heterocycles. The molecule has 2 nitrogen and oxygen atoms in total. The van der Waals surface area contributed by atoms with Crippen molar-refractivity contribution in [1.82, 2.24) is 0 Å². The van der Waals surface area contributed by atoms with E-state index in [-0.39, 0.29) is 0 Å². The number of hydrogen-bond acceptors (Lipinski definition) is 3. The van der Waals surface area contributed by atoms with E-state index in [4.69, 9.17) is 10.5 Å². The second-order valence-corrected chi connectivity index (χ2v) is 5.32. The van der Waals surface area contributed by atoms with Crippen LogP contribution in [0.1, 0.15) is 32.6 Å². The Morgan fingerprint density at radius 2 is 1.76 bits per heavy atom. The van der Waals surface area contributed by atoms with E-state index in [1.54, 1.807) is 0 Å². The van der Waals surface area contributed by atoms with Crippen LogP contribution in [0.25, 0.3) is 0 Å². The molecule has 0 saturated carbocycles. The molecule has 0 saturated heterocycles. The first kappa shape index (κ1) is 14.2. The Bertz CT molecular complexity index is 287. The molecule has 0 aliphatic heterocycles. The lowest BCUT2D eigenvalue weighted by atomic mass is 10.3. The highest BCUT2D eigenvalue weighted by molar-refractivity contribution is 7.99. The van der Waals surface area contributed by atoms with Gasteiger partial charge in [-0.1, -0.05) is 19.8 Å². The maximum absolute atomic E-state index is 5.62. The molecule has 1 aromatic carbocycles. The average molecular weight is 253 g/mol. The summed E-state index contributed by atoms with van der Waals surface area (Å²) in [6, 6.07) is 7.58. The number of thioether (sulfide) groups is 1. The van der Waals surface area contributed by atoms with Gasteiger partial charge in [0.25, 0.3) is 0 Å². The molecule has 96 valence electrons. The molecule has 0 atom stereocenters. The van der Waals surface area contributed by atoms with Crippen molar-refractivity contribution in [2.24, 2.45) is 0 Å². The summed E-state index contributed by atoms with van der Waals surface area (Å²) >= 11 is 2.03. The summed E-state index contributed by atoms with van der Waals surface area (Å²) in [5.41, 5.74) is 6.38. The highest BCUT2D eigenvalue weighted by Gasteiger charge is 1.94. The van der Waals surface area contributed by atoms with Gasteiger partial charge in [-0.05, 0) is 48.6 Å².